The third-order valence-corrected chi connectivity index (χ3v) is 3.42. The number of aromatic nitrogens is 2. The first-order valence-electron chi connectivity index (χ1n) is 4.85. The molecule has 0 aromatic carbocycles. The second-order valence-electron chi connectivity index (χ2n) is 3.69. The van der Waals surface area contributed by atoms with Crippen LogP contribution in [0.2, 0.25) is 0 Å². The second kappa shape index (κ2) is 4.16. The highest BCUT2D eigenvalue weighted by Gasteiger charge is 2.12. The molecule has 1 unspecified atom stereocenters. The van der Waals surface area contributed by atoms with Crippen molar-refractivity contribution in [3.05, 3.63) is 40.1 Å². The van der Waals surface area contributed by atoms with E-state index in [2.05, 4.69) is 4.98 Å². The third kappa shape index (κ3) is 2.27. The van der Waals surface area contributed by atoms with Crippen LogP contribution in [0.4, 0.5) is 0 Å². The van der Waals surface area contributed by atoms with E-state index >= 15 is 0 Å². The fourth-order valence-electron chi connectivity index (χ4n) is 1.54. The van der Waals surface area contributed by atoms with Crippen molar-refractivity contribution >= 4 is 11.3 Å². The van der Waals surface area contributed by atoms with Gasteiger partial charge >= 0.3 is 0 Å². The van der Waals surface area contributed by atoms with Gasteiger partial charge < -0.3 is 9.67 Å². The van der Waals surface area contributed by atoms with Gasteiger partial charge in [-0.1, -0.05) is 0 Å². The molecule has 2 heterocycles. The average Bonchev–Trinajstić information content (AvgIpc) is 2.77. The minimum atomic E-state index is -0.426. The van der Waals surface area contributed by atoms with Gasteiger partial charge in [0.15, 0.2) is 0 Å². The van der Waals surface area contributed by atoms with Crippen molar-refractivity contribution in [2.45, 2.75) is 19.4 Å². The molecule has 4 heteroatoms. The Balaban J connectivity index is 2.10. The summed E-state index contributed by atoms with van der Waals surface area (Å²) >= 11 is 1.60. The topological polar surface area (TPSA) is 38.1 Å². The van der Waals surface area contributed by atoms with Crippen LogP contribution >= 0.6 is 11.3 Å². The fourth-order valence-corrected chi connectivity index (χ4v) is 2.35. The van der Waals surface area contributed by atoms with E-state index in [0.29, 0.717) is 6.42 Å². The summed E-state index contributed by atoms with van der Waals surface area (Å²) in [6.45, 7) is 1.98. The molecule has 0 aliphatic rings. The van der Waals surface area contributed by atoms with Crippen molar-refractivity contribution in [3.63, 3.8) is 0 Å². The monoisotopic (exact) mass is 222 g/mol. The molecule has 0 radical (unpaired) electrons. The number of hydrogen-bond donors (Lipinski definition) is 1. The van der Waals surface area contributed by atoms with Crippen LogP contribution in [0, 0.1) is 6.92 Å². The van der Waals surface area contributed by atoms with Crippen LogP contribution in [0.1, 0.15) is 22.2 Å². The van der Waals surface area contributed by atoms with Crippen LogP contribution in [-0.2, 0) is 13.5 Å². The molecule has 2 aromatic heterocycles. The number of aliphatic hydroxyl groups is 1. The maximum Gasteiger partial charge on any atom is 0.0853 e. The van der Waals surface area contributed by atoms with Crippen LogP contribution in [0.25, 0.3) is 0 Å². The molecule has 0 amide bonds. The second-order valence-corrected chi connectivity index (χ2v) is 4.63. The van der Waals surface area contributed by atoms with E-state index in [0.717, 1.165) is 16.1 Å². The average molecular weight is 222 g/mol. The fraction of sp³-hybridized carbons (Fsp3) is 0.364. The van der Waals surface area contributed by atoms with Crippen LogP contribution in [0.5, 0.6) is 0 Å². The molecule has 0 fully saturated rings. The molecular formula is C11H14N2OS. The standard InChI is InChI=1S/C11H14N2OS/c1-8-11(15-7-12-8)5-10(14)9-3-4-13(2)6-9/h3-4,6-7,10,14H,5H2,1-2H3. The van der Waals surface area contributed by atoms with Gasteiger partial charge in [-0.15, -0.1) is 11.3 Å². The lowest BCUT2D eigenvalue weighted by Gasteiger charge is -2.07. The van der Waals surface area contributed by atoms with Gasteiger partial charge in [0, 0.05) is 30.7 Å². The van der Waals surface area contributed by atoms with Crippen molar-refractivity contribution in [3.8, 4) is 0 Å². The molecule has 0 saturated carbocycles. The first kappa shape index (κ1) is 10.4. The van der Waals surface area contributed by atoms with Crippen molar-refractivity contribution in [2.75, 3.05) is 0 Å². The van der Waals surface area contributed by atoms with E-state index in [9.17, 15) is 5.11 Å². The maximum atomic E-state index is 10.00. The number of nitrogens with zero attached hydrogens (tertiary/aromatic N) is 2. The van der Waals surface area contributed by atoms with Gasteiger partial charge in [0.05, 0.1) is 17.3 Å². The van der Waals surface area contributed by atoms with Crippen molar-refractivity contribution in [1.82, 2.24) is 9.55 Å². The molecule has 0 aliphatic carbocycles. The molecular weight excluding hydrogens is 208 g/mol. The van der Waals surface area contributed by atoms with Gasteiger partial charge in [-0.05, 0) is 18.6 Å². The summed E-state index contributed by atoms with van der Waals surface area (Å²) in [4.78, 5) is 5.33. The first-order chi connectivity index (χ1) is 7.16. The molecule has 2 aromatic rings. The quantitative estimate of drug-likeness (QED) is 0.863. The number of thiazole rings is 1. The lowest BCUT2D eigenvalue weighted by Crippen LogP contribution is -2.00. The number of rotatable bonds is 3. The minimum absolute atomic E-state index is 0.426. The largest absolute Gasteiger partial charge is 0.388 e. The molecule has 0 bridgehead atoms. The molecule has 1 N–H and O–H groups in total. The van der Waals surface area contributed by atoms with Gasteiger partial charge in [0.2, 0.25) is 0 Å². The van der Waals surface area contributed by atoms with Gasteiger partial charge in [-0.2, -0.15) is 0 Å². The molecule has 2 rings (SSSR count). The summed E-state index contributed by atoms with van der Waals surface area (Å²) in [5.41, 5.74) is 3.81. The lowest BCUT2D eigenvalue weighted by atomic mass is 10.1. The molecule has 15 heavy (non-hydrogen) atoms. The van der Waals surface area contributed by atoms with Crippen LogP contribution in [-0.4, -0.2) is 14.7 Å². The highest BCUT2D eigenvalue weighted by Crippen LogP contribution is 2.22. The van der Waals surface area contributed by atoms with E-state index < -0.39 is 6.10 Å². The lowest BCUT2D eigenvalue weighted by molar-refractivity contribution is 0.179. The van der Waals surface area contributed by atoms with Crippen molar-refractivity contribution < 1.29 is 5.11 Å². The third-order valence-electron chi connectivity index (χ3n) is 2.46. The Kier molecular flexibility index (Phi) is 2.88. The van der Waals surface area contributed by atoms with Gasteiger partial charge in [0.25, 0.3) is 0 Å². The smallest absolute Gasteiger partial charge is 0.0853 e. The number of hydrogen-bond acceptors (Lipinski definition) is 3. The van der Waals surface area contributed by atoms with Crippen LogP contribution < -0.4 is 0 Å². The van der Waals surface area contributed by atoms with Crippen molar-refractivity contribution in [2.24, 2.45) is 7.05 Å². The molecule has 0 aliphatic heterocycles. The highest BCUT2D eigenvalue weighted by atomic mass is 32.1. The molecule has 0 spiro atoms. The summed E-state index contributed by atoms with van der Waals surface area (Å²) in [5, 5.41) is 10.00. The minimum Gasteiger partial charge on any atom is -0.388 e. The van der Waals surface area contributed by atoms with E-state index in [1.54, 1.807) is 11.3 Å². The summed E-state index contributed by atoms with van der Waals surface area (Å²) < 4.78 is 1.94. The zero-order valence-electron chi connectivity index (χ0n) is 8.84. The zero-order valence-corrected chi connectivity index (χ0v) is 9.66. The Morgan fingerprint density at radius 3 is 2.93 bits per heavy atom. The van der Waals surface area contributed by atoms with E-state index in [1.165, 1.54) is 0 Å². The zero-order chi connectivity index (χ0) is 10.8. The molecule has 80 valence electrons. The summed E-state index contributed by atoms with van der Waals surface area (Å²) in [7, 11) is 1.95. The van der Waals surface area contributed by atoms with Gasteiger partial charge in [-0.25, -0.2) is 4.98 Å². The SMILES string of the molecule is Cc1ncsc1CC(O)c1ccn(C)c1. The molecule has 1 atom stereocenters. The summed E-state index contributed by atoms with van der Waals surface area (Å²) in [5.74, 6) is 0. The Bertz CT molecular complexity index is 447. The van der Waals surface area contributed by atoms with Crippen LogP contribution in [0.15, 0.2) is 24.0 Å². The number of aliphatic hydroxyl groups excluding tert-OH is 1. The Morgan fingerprint density at radius 2 is 2.40 bits per heavy atom. The predicted molar refractivity (Wildman–Crippen MR) is 60.9 cm³/mol. The van der Waals surface area contributed by atoms with Gasteiger partial charge in [0.1, 0.15) is 0 Å². The van der Waals surface area contributed by atoms with Crippen molar-refractivity contribution in [1.29, 1.82) is 0 Å². The summed E-state index contributed by atoms with van der Waals surface area (Å²) in [6.07, 6.45) is 4.12. The Labute approximate surface area is 93.0 Å². The van der Waals surface area contributed by atoms with E-state index in [1.807, 2.05) is 42.5 Å². The van der Waals surface area contributed by atoms with Crippen LogP contribution in [0.3, 0.4) is 0 Å². The predicted octanol–water partition coefficient (Wildman–Crippen LogP) is 2.07. The molecule has 0 saturated heterocycles. The maximum absolute atomic E-state index is 10.00. The first-order valence-corrected chi connectivity index (χ1v) is 5.73. The van der Waals surface area contributed by atoms with E-state index in [4.69, 9.17) is 0 Å². The Hall–Kier alpha value is -1.13. The van der Waals surface area contributed by atoms with Gasteiger partial charge in [-0.3, -0.25) is 0 Å². The normalized spacial score (nSPS) is 13.0. The highest BCUT2D eigenvalue weighted by molar-refractivity contribution is 7.09. The Morgan fingerprint density at radius 1 is 1.60 bits per heavy atom. The number of aryl methyl sites for hydroxylation is 2. The van der Waals surface area contributed by atoms with E-state index in [-0.39, 0.29) is 0 Å². The summed E-state index contributed by atoms with van der Waals surface area (Å²) in [6, 6.07) is 1.95. The molecule has 3 nitrogen and oxygen atoms in total.